The maximum atomic E-state index is 13.3. The molecule has 0 aliphatic rings. The molecule has 3 aromatic carbocycles. The van der Waals surface area contributed by atoms with E-state index in [1.54, 1.807) is 36.0 Å². The molecule has 5 nitrogen and oxygen atoms in total. The zero-order valence-electron chi connectivity index (χ0n) is 17.9. The molecule has 1 N–H and O–H groups in total. The Kier molecular flexibility index (Phi) is 6.66. The summed E-state index contributed by atoms with van der Waals surface area (Å²) in [5.41, 5.74) is 4.27. The first-order valence-corrected chi connectivity index (χ1v) is 11.3. The van der Waals surface area contributed by atoms with Gasteiger partial charge in [0, 0.05) is 29.1 Å². The van der Waals surface area contributed by atoms with Crippen molar-refractivity contribution in [3.05, 3.63) is 95.3 Å². The molecule has 0 saturated carbocycles. The van der Waals surface area contributed by atoms with E-state index in [0.29, 0.717) is 17.0 Å². The van der Waals surface area contributed by atoms with Gasteiger partial charge in [-0.2, -0.15) is 0 Å². The first kappa shape index (κ1) is 21.8. The van der Waals surface area contributed by atoms with E-state index in [9.17, 15) is 9.18 Å². The number of carbonyl (C=O) groups excluding carboxylic acids is 1. The minimum absolute atomic E-state index is 0.275. The van der Waals surface area contributed by atoms with Crippen LogP contribution in [0.15, 0.2) is 78.0 Å². The van der Waals surface area contributed by atoms with Crippen molar-refractivity contribution in [1.82, 2.24) is 14.8 Å². The summed E-state index contributed by atoms with van der Waals surface area (Å²) in [4.78, 5) is 12.4. The lowest BCUT2D eigenvalue weighted by molar-refractivity contribution is 0.102. The number of nitrogens with zero attached hydrogens (tertiary/aromatic N) is 3. The number of hydrogen-bond donors (Lipinski definition) is 1. The lowest BCUT2D eigenvalue weighted by Gasteiger charge is -2.08. The van der Waals surface area contributed by atoms with E-state index in [4.69, 9.17) is 0 Å². The molecule has 32 heavy (non-hydrogen) atoms. The van der Waals surface area contributed by atoms with Gasteiger partial charge in [-0.25, -0.2) is 4.39 Å². The highest BCUT2D eigenvalue weighted by atomic mass is 32.2. The fourth-order valence-electron chi connectivity index (χ4n) is 3.27. The van der Waals surface area contributed by atoms with Crippen LogP contribution in [0.3, 0.4) is 0 Å². The molecule has 0 unspecified atom stereocenters. The van der Waals surface area contributed by atoms with Crippen LogP contribution in [0.1, 0.15) is 28.4 Å². The number of aryl methyl sites for hydroxylation is 1. The van der Waals surface area contributed by atoms with Gasteiger partial charge in [0.15, 0.2) is 11.0 Å². The molecule has 7 heteroatoms. The monoisotopic (exact) mass is 446 g/mol. The van der Waals surface area contributed by atoms with Gasteiger partial charge in [-0.05, 0) is 49.7 Å². The highest BCUT2D eigenvalue weighted by Crippen LogP contribution is 2.26. The summed E-state index contributed by atoms with van der Waals surface area (Å²) >= 11 is 1.61. The molecule has 0 spiro atoms. The van der Waals surface area contributed by atoms with Crippen molar-refractivity contribution in [2.24, 2.45) is 0 Å². The summed E-state index contributed by atoms with van der Waals surface area (Å²) < 4.78 is 15.4. The minimum atomic E-state index is -0.388. The quantitative estimate of drug-likeness (QED) is 0.356. The van der Waals surface area contributed by atoms with E-state index in [-0.39, 0.29) is 11.7 Å². The van der Waals surface area contributed by atoms with E-state index in [1.807, 2.05) is 12.1 Å². The number of amides is 1. The second-order valence-electron chi connectivity index (χ2n) is 7.37. The van der Waals surface area contributed by atoms with Gasteiger partial charge in [0.25, 0.3) is 5.91 Å². The molecular weight excluding hydrogens is 423 g/mol. The van der Waals surface area contributed by atoms with Crippen LogP contribution in [0.25, 0.3) is 11.4 Å². The van der Waals surface area contributed by atoms with Crippen molar-refractivity contribution < 1.29 is 9.18 Å². The van der Waals surface area contributed by atoms with Gasteiger partial charge in [0.2, 0.25) is 0 Å². The third-order valence-corrected chi connectivity index (χ3v) is 6.05. The zero-order valence-corrected chi connectivity index (χ0v) is 18.7. The minimum Gasteiger partial charge on any atom is -0.322 e. The molecule has 0 radical (unpaired) electrons. The summed E-state index contributed by atoms with van der Waals surface area (Å²) in [5.74, 6) is 0.904. The summed E-state index contributed by atoms with van der Waals surface area (Å²) in [5, 5.41) is 12.3. The number of anilines is 1. The number of aromatic nitrogens is 3. The maximum Gasteiger partial charge on any atom is 0.255 e. The summed E-state index contributed by atoms with van der Waals surface area (Å²) in [6.45, 7) is 4.92. The smallest absolute Gasteiger partial charge is 0.255 e. The normalized spacial score (nSPS) is 10.8. The SMILES string of the molecule is CCn1c(SCc2ccc(C(=O)Nc3cccc(F)c3)cc2)nnc1-c1ccc(C)cc1. The third kappa shape index (κ3) is 5.06. The van der Waals surface area contributed by atoms with E-state index in [0.717, 1.165) is 28.7 Å². The number of carbonyl (C=O) groups is 1. The molecule has 0 fully saturated rings. The molecule has 1 aromatic heterocycles. The Morgan fingerprint density at radius 3 is 2.47 bits per heavy atom. The molecule has 4 rings (SSSR count). The molecule has 0 aliphatic heterocycles. The molecule has 0 saturated heterocycles. The van der Waals surface area contributed by atoms with Crippen LogP contribution in [0.2, 0.25) is 0 Å². The number of rotatable bonds is 7. The predicted molar refractivity (Wildman–Crippen MR) is 126 cm³/mol. The summed E-state index contributed by atoms with van der Waals surface area (Å²) in [6, 6.07) is 21.5. The lowest BCUT2D eigenvalue weighted by Crippen LogP contribution is -2.11. The Morgan fingerprint density at radius 1 is 1.03 bits per heavy atom. The fourth-order valence-corrected chi connectivity index (χ4v) is 4.22. The fraction of sp³-hybridized carbons (Fsp3) is 0.160. The van der Waals surface area contributed by atoms with Gasteiger partial charge in [-0.15, -0.1) is 10.2 Å². The van der Waals surface area contributed by atoms with Crippen molar-refractivity contribution in [3.8, 4) is 11.4 Å². The number of thioether (sulfide) groups is 1. The zero-order chi connectivity index (χ0) is 22.5. The molecule has 4 aromatic rings. The highest BCUT2D eigenvalue weighted by molar-refractivity contribution is 7.98. The van der Waals surface area contributed by atoms with Gasteiger partial charge in [-0.1, -0.05) is 59.8 Å². The van der Waals surface area contributed by atoms with Crippen molar-refractivity contribution in [3.63, 3.8) is 0 Å². The predicted octanol–water partition coefficient (Wildman–Crippen LogP) is 5.96. The number of benzene rings is 3. The highest BCUT2D eigenvalue weighted by Gasteiger charge is 2.13. The first-order chi connectivity index (χ1) is 15.5. The molecule has 1 amide bonds. The van der Waals surface area contributed by atoms with Gasteiger partial charge in [-0.3, -0.25) is 4.79 Å². The molecule has 0 atom stereocenters. The second-order valence-corrected chi connectivity index (χ2v) is 8.31. The van der Waals surface area contributed by atoms with Crippen LogP contribution in [0.4, 0.5) is 10.1 Å². The van der Waals surface area contributed by atoms with Crippen molar-refractivity contribution in [1.29, 1.82) is 0 Å². The van der Waals surface area contributed by atoms with Crippen LogP contribution >= 0.6 is 11.8 Å². The summed E-state index contributed by atoms with van der Waals surface area (Å²) in [6.07, 6.45) is 0. The Labute approximate surface area is 190 Å². The average Bonchev–Trinajstić information content (AvgIpc) is 3.21. The number of halogens is 1. The molecular formula is C25H23FN4OS. The largest absolute Gasteiger partial charge is 0.322 e. The lowest BCUT2D eigenvalue weighted by atomic mass is 10.1. The average molecular weight is 447 g/mol. The Hall–Kier alpha value is -3.45. The number of hydrogen-bond acceptors (Lipinski definition) is 4. The molecule has 1 heterocycles. The van der Waals surface area contributed by atoms with Gasteiger partial charge >= 0.3 is 0 Å². The van der Waals surface area contributed by atoms with Crippen molar-refractivity contribution in [2.75, 3.05) is 5.32 Å². The van der Waals surface area contributed by atoms with Crippen molar-refractivity contribution in [2.45, 2.75) is 31.3 Å². The Bertz CT molecular complexity index is 1220. The van der Waals surface area contributed by atoms with E-state index in [2.05, 4.69) is 58.2 Å². The van der Waals surface area contributed by atoms with Crippen LogP contribution < -0.4 is 5.32 Å². The van der Waals surface area contributed by atoms with Gasteiger partial charge in [0.1, 0.15) is 5.82 Å². The Morgan fingerprint density at radius 2 is 1.78 bits per heavy atom. The van der Waals surface area contributed by atoms with Crippen LogP contribution in [-0.4, -0.2) is 20.7 Å². The van der Waals surface area contributed by atoms with Crippen LogP contribution in [0.5, 0.6) is 0 Å². The van der Waals surface area contributed by atoms with Crippen molar-refractivity contribution >= 4 is 23.4 Å². The van der Waals surface area contributed by atoms with E-state index >= 15 is 0 Å². The van der Waals surface area contributed by atoms with Crippen LogP contribution in [-0.2, 0) is 12.3 Å². The van der Waals surface area contributed by atoms with Gasteiger partial charge in [0.05, 0.1) is 0 Å². The number of nitrogens with one attached hydrogen (secondary N) is 1. The van der Waals surface area contributed by atoms with Gasteiger partial charge < -0.3 is 9.88 Å². The third-order valence-electron chi connectivity index (χ3n) is 5.01. The molecule has 0 bridgehead atoms. The maximum absolute atomic E-state index is 13.3. The van der Waals surface area contributed by atoms with E-state index < -0.39 is 0 Å². The topological polar surface area (TPSA) is 59.8 Å². The first-order valence-electron chi connectivity index (χ1n) is 10.3. The summed E-state index contributed by atoms with van der Waals surface area (Å²) in [7, 11) is 0. The second kappa shape index (κ2) is 9.78. The molecule has 162 valence electrons. The van der Waals surface area contributed by atoms with E-state index in [1.165, 1.54) is 17.7 Å². The standard InChI is InChI=1S/C25H23FN4OS/c1-3-30-23(19-11-7-17(2)8-12-19)28-29-25(30)32-16-18-9-13-20(14-10-18)24(31)27-22-6-4-5-21(26)15-22/h4-15H,3,16H2,1-2H3,(H,27,31). The molecule has 0 aliphatic carbocycles. The Balaban J connectivity index is 1.41. The van der Waals surface area contributed by atoms with Crippen LogP contribution in [0, 0.1) is 12.7 Å².